The summed E-state index contributed by atoms with van der Waals surface area (Å²) < 4.78 is 4.54. The van der Waals surface area contributed by atoms with Crippen molar-refractivity contribution in [3.05, 3.63) is 35.9 Å². The van der Waals surface area contributed by atoms with Gasteiger partial charge in [-0.3, -0.25) is 9.69 Å². The third kappa shape index (κ3) is 4.75. The third-order valence-corrected chi connectivity index (χ3v) is 5.57. The average Bonchev–Trinajstić information content (AvgIpc) is 2.66. The van der Waals surface area contributed by atoms with E-state index < -0.39 is 6.09 Å². The van der Waals surface area contributed by atoms with Crippen molar-refractivity contribution < 1.29 is 14.3 Å². The Morgan fingerprint density at radius 3 is 2.58 bits per heavy atom. The molecule has 142 valence electrons. The Balaban J connectivity index is 1.58. The predicted molar refractivity (Wildman–Crippen MR) is 99.6 cm³/mol. The average molecular weight is 359 g/mol. The van der Waals surface area contributed by atoms with E-state index in [-0.39, 0.29) is 17.9 Å². The van der Waals surface area contributed by atoms with Gasteiger partial charge in [0.1, 0.15) is 6.54 Å². The van der Waals surface area contributed by atoms with Crippen LogP contribution in [0.1, 0.15) is 31.2 Å². The molecule has 1 aromatic carbocycles. The number of methoxy groups -OCH3 is 1. The molecule has 3 rings (SSSR count). The van der Waals surface area contributed by atoms with Crippen molar-refractivity contribution in [1.29, 1.82) is 0 Å². The molecule has 6 nitrogen and oxygen atoms in total. The minimum absolute atomic E-state index is 0.0104. The second-order valence-electron chi connectivity index (χ2n) is 7.56. The number of amides is 2. The first-order valence-electron chi connectivity index (χ1n) is 9.46. The molecule has 2 heterocycles. The molecule has 1 aromatic rings. The molecule has 1 spiro atoms. The van der Waals surface area contributed by atoms with Crippen LogP contribution in [0.15, 0.2) is 30.3 Å². The molecule has 1 N–H and O–H groups in total. The van der Waals surface area contributed by atoms with E-state index >= 15 is 0 Å². The summed E-state index contributed by atoms with van der Waals surface area (Å²) >= 11 is 0. The van der Waals surface area contributed by atoms with Crippen LogP contribution in [0.5, 0.6) is 0 Å². The lowest BCUT2D eigenvalue weighted by Gasteiger charge is -2.48. The first kappa shape index (κ1) is 18.7. The highest BCUT2D eigenvalue weighted by atomic mass is 16.5. The number of piperidine rings is 2. The Morgan fingerprint density at radius 2 is 1.85 bits per heavy atom. The molecule has 2 amide bonds. The van der Waals surface area contributed by atoms with Gasteiger partial charge in [-0.25, -0.2) is 4.79 Å². The number of nitrogens with zero attached hydrogens (tertiary/aromatic N) is 2. The monoisotopic (exact) mass is 359 g/mol. The van der Waals surface area contributed by atoms with Crippen molar-refractivity contribution in [2.45, 2.75) is 32.2 Å². The number of carbonyl (C=O) groups is 2. The molecule has 2 aliphatic rings. The van der Waals surface area contributed by atoms with Crippen LogP contribution in [0, 0.1) is 5.41 Å². The first-order valence-corrected chi connectivity index (χ1v) is 9.46. The number of hydrogen-bond donors (Lipinski definition) is 1. The van der Waals surface area contributed by atoms with E-state index in [1.54, 1.807) is 0 Å². The van der Waals surface area contributed by atoms with E-state index in [1.807, 2.05) is 11.0 Å². The molecule has 0 aromatic heterocycles. The molecule has 2 aliphatic heterocycles. The smallest absolute Gasteiger partial charge is 0.407 e. The Hall–Kier alpha value is -2.08. The van der Waals surface area contributed by atoms with Crippen LogP contribution >= 0.6 is 0 Å². The van der Waals surface area contributed by atoms with Crippen LogP contribution < -0.4 is 5.32 Å². The fraction of sp³-hybridized carbons (Fsp3) is 0.600. The van der Waals surface area contributed by atoms with Crippen LogP contribution in [0.4, 0.5) is 4.79 Å². The lowest BCUT2D eigenvalue weighted by atomic mass is 9.73. The molecule has 26 heavy (non-hydrogen) atoms. The van der Waals surface area contributed by atoms with Crippen molar-refractivity contribution in [2.75, 3.05) is 39.8 Å². The second kappa shape index (κ2) is 8.54. The molecular formula is C20H29N3O3. The molecule has 0 saturated carbocycles. The Kier molecular flexibility index (Phi) is 6.14. The highest BCUT2D eigenvalue weighted by molar-refractivity contribution is 5.82. The van der Waals surface area contributed by atoms with Crippen LogP contribution in [-0.4, -0.2) is 61.6 Å². The van der Waals surface area contributed by atoms with Gasteiger partial charge in [0.2, 0.25) is 5.91 Å². The van der Waals surface area contributed by atoms with Gasteiger partial charge in [0, 0.05) is 31.6 Å². The van der Waals surface area contributed by atoms with Crippen LogP contribution in [0.2, 0.25) is 0 Å². The maximum Gasteiger partial charge on any atom is 0.407 e. The van der Waals surface area contributed by atoms with E-state index in [0.29, 0.717) is 0 Å². The molecule has 0 radical (unpaired) electrons. The van der Waals surface area contributed by atoms with Crippen molar-refractivity contribution in [3.8, 4) is 0 Å². The molecule has 0 aliphatic carbocycles. The number of alkyl carbamates (subject to hydrolysis) is 1. The normalized spacial score (nSPS) is 23.7. The lowest BCUT2D eigenvalue weighted by Crippen LogP contribution is -2.54. The van der Waals surface area contributed by atoms with E-state index in [0.717, 1.165) is 39.1 Å². The van der Waals surface area contributed by atoms with Gasteiger partial charge in [-0.05, 0) is 37.8 Å². The molecule has 0 unspecified atom stereocenters. The number of carbonyl (C=O) groups excluding carboxylic acids is 2. The lowest BCUT2D eigenvalue weighted by molar-refractivity contribution is -0.135. The molecular weight excluding hydrogens is 330 g/mol. The zero-order chi connectivity index (χ0) is 18.4. The maximum absolute atomic E-state index is 12.5. The molecule has 6 heteroatoms. The van der Waals surface area contributed by atoms with Crippen LogP contribution in [0.3, 0.4) is 0 Å². The van der Waals surface area contributed by atoms with Gasteiger partial charge in [0.05, 0.1) is 7.11 Å². The van der Waals surface area contributed by atoms with Crippen LogP contribution in [-0.2, 0) is 16.1 Å². The summed E-state index contributed by atoms with van der Waals surface area (Å²) in [6.07, 6.45) is 3.99. The summed E-state index contributed by atoms with van der Waals surface area (Å²) in [5.41, 5.74) is 1.53. The highest BCUT2D eigenvalue weighted by Gasteiger charge is 2.40. The van der Waals surface area contributed by atoms with Crippen molar-refractivity contribution in [2.24, 2.45) is 5.41 Å². The van der Waals surface area contributed by atoms with Crippen molar-refractivity contribution in [1.82, 2.24) is 15.1 Å². The predicted octanol–water partition coefficient (Wildman–Crippen LogP) is 2.25. The summed E-state index contributed by atoms with van der Waals surface area (Å²) in [6.45, 7) is 4.71. The molecule has 2 saturated heterocycles. The minimum atomic E-state index is -0.559. The van der Waals surface area contributed by atoms with Gasteiger partial charge < -0.3 is 15.0 Å². The fourth-order valence-corrected chi connectivity index (χ4v) is 4.37. The molecule has 0 bridgehead atoms. The van der Waals surface area contributed by atoms with Gasteiger partial charge in [-0.15, -0.1) is 0 Å². The van der Waals surface area contributed by atoms with Gasteiger partial charge >= 0.3 is 6.09 Å². The summed E-state index contributed by atoms with van der Waals surface area (Å²) in [5.74, 6) is -0.0188. The minimum Gasteiger partial charge on any atom is -0.453 e. The van der Waals surface area contributed by atoms with Gasteiger partial charge in [0.15, 0.2) is 0 Å². The van der Waals surface area contributed by atoms with E-state index in [4.69, 9.17) is 0 Å². The number of ether oxygens (including phenoxy) is 1. The highest BCUT2D eigenvalue weighted by Crippen LogP contribution is 2.38. The Bertz CT molecular complexity index is 618. The Morgan fingerprint density at radius 1 is 1.12 bits per heavy atom. The molecule has 2 fully saturated rings. The summed E-state index contributed by atoms with van der Waals surface area (Å²) in [6, 6.07) is 10.6. The number of hydrogen-bond acceptors (Lipinski definition) is 4. The van der Waals surface area contributed by atoms with E-state index in [9.17, 15) is 9.59 Å². The summed E-state index contributed by atoms with van der Waals surface area (Å²) in [5, 5.41) is 2.50. The third-order valence-electron chi connectivity index (χ3n) is 5.57. The maximum atomic E-state index is 12.5. The fourth-order valence-electron chi connectivity index (χ4n) is 4.37. The number of likely N-dealkylation sites (tertiary alicyclic amines) is 2. The zero-order valence-corrected chi connectivity index (χ0v) is 15.6. The second-order valence-corrected chi connectivity index (χ2v) is 7.56. The SMILES string of the molecule is COC(=O)NCC(=O)N1CCC[C@]2(CCCN(Cc3ccccc3)C2)C1. The standard InChI is InChI=1S/C20H29N3O3/c1-26-19(25)21-13-18(24)23-12-6-10-20(16-23)9-5-11-22(15-20)14-17-7-3-2-4-8-17/h2-4,7-8H,5-6,9-16H2,1H3,(H,21,25)/t20-/m0/s1. The molecule has 1 atom stereocenters. The van der Waals surface area contributed by atoms with E-state index in [2.05, 4.69) is 39.2 Å². The topological polar surface area (TPSA) is 61.9 Å². The zero-order valence-electron chi connectivity index (χ0n) is 15.6. The van der Waals surface area contributed by atoms with Gasteiger partial charge in [-0.1, -0.05) is 30.3 Å². The number of rotatable bonds is 4. The summed E-state index contributed by atoms with van der Waals surface area (Å²) in [4.78, 5) is 28.1. The Labute approximate surface area is 155 Å². The van der Waals surface area contributed by atoms with E-state index in [1.165, 1.54) is 31.9 Å². The number of nitrogens with one attached hydrogen (secondary N) is 1. The van der Waals surface area contributed by atoms with Gasteiger partial charge in [-0.2, -0.15) is 0 Å². The largest absolute Gasteiger partial charge is 0.453 e. The number of benzene rings is 1. The quantitative estimate of drug-likeness (QED) is 0.896. The van der Waals surface area contributed by atoms with Crippen LogP contribution in [0.25, 0.3) is 0 Å². The van der Waals surface area contributed by atoms with Crippen molar-refractivity contribution in [3.63, 3.8) is 0 Å². The van der Waals surface area contributed by atoms with Crippen molar-refractivity contribution >= 4 is 12.0 Å². The summed E-state index contributed by atoms with van der Waals surface area (Å²) in [7, 11) is 1.30. The first-order chi connectivity index (χ1) is 12.6. The van der Waals surface area contributed by atoms with Gasteiger partial charge in [0.25, 0.3) is 0 Å².